The van der Waals surface area contributed by atoms with E-state index in [4.69, 9.17) is 25.2 Å². The van der Waals surface area contributed by atoms with Gasteiger partial charge in [0.15, 0.2) is 0 Å². The molecule has 3 unspecified atom stereocenters. The van der Waals surface area contributed by atoms with Gasteiger partial charge in [0.25, 0.3) is 0 Å². The van der Waals surface area contributed by atoms with Gasteiger partial charge in [0.05, 0.1) is 38.3 Å². The molecule has 0 spiro atoms. The Hall–Kier alpha value is -1.55. The zero-order chi connectivity index (χ0) is 24.7. The second-order valence-corrected chi connectivity index (χ2v) is 8.57. The van der Waals surface area contributed by atoms with Crippen LogP contribution in [-0.4, -0.2) is 122 Å². The van der Waals surface area contributed by atoms with Crippen LogP contribution in [0.4, 0.5) is 0 Å². The van der Waals surface area contributed by atoms with E-state index in [1.54, 1.807) is 0 Å². The summed E-state index contributed by atoms with van der Waals surface area (Å²) >= 11 is 2.04. The zero-order valence-electron chi connectivity index (χ0n) is 18.1. The van der Waals surface area contributed by atoms with Gasteiger partial charge in [0.1, 0.15) is 0 Å². The lowest BCUT2D eigenvalue weighted by Crippen LogP contribution is -2.44. The van der Waals surface area contributed by atoms with E-state index in [2.05, 4.69) is 0 Å². The average Bonchev–Trinajstić information content (AvgIpc) is 2.64. The fourth-order valence-corrected chi connectivity index (χ4v) is 3.71. The van der Waals surface area contributed by atoms with Crippen LogP contribution in [0, 0.1) is 11.8 Å². The molecule has 0 radical (unpaired) electrons. The fourth-order valence-electron chi connectivity index (χ4n) is 2.90. The Balaban J connectivity index is 4.51. The van der Waals surface area contributed by atoms with Crippen LogP contribution in [0.15, 0.2) is 0 Å². The maximum Gasteiger partial charge on any atom is 0.317 e. The number of hydrogen-bond donors (Lipinski definition) is 5. The number of ether oxygens (including phenoxy) is 1. The molecule has 0 aliphatic rings. The number of hydrogen-bond acceptors (Lipinski definition) is 8. The molecule has 12 nitrogen and oxygen atoms in total. The molecule has 3 atom stereocenters. The van der Waals surface area contributed by atoms with Crippen molar-refractivity contribution in [1.29, 1.82) is 0 Å². The molecule has 0 aromatic rings. The number of carboxylic acid groups (broad SMARTS) is 4. The summed E-state index contributed by atoms with van der Waals surface area (Å²) in [4.78, 5) is 46.4. The number of carbonyl (C=O) groups is 4. The first-order valence-corrected chi connectivity index (χ1v) is 11.6. The standard InChI is InChI=1S/C19H33IN2O10/c1-13(2-3-14(6-20)19(30)31)11-32-12-15(23)7-21(8-16(24)25)4-5-22(9-17(26)27)10-18(28)29/h13-15,23H,2-12H2,1H3,(H,24,25)(H,26,27)(H,28,29)(H,30,31). The molecule has 0 saturated carbocycles. The normalized spacial score (nSPS) is 14.3. The van der Waals surface area contributed by atoms with E-state index >= 15 is 0 Å². The van der Waals surface area contributed by atoms with E-state index in [1.165, 1.54) is 4.90 Å². The Morgan fingerprint density at radius 1 is 0.844 bits per heavy atom. The number of rotatable bonds is 20. The smallest absolute Gasteiger partial charge is 0.317 e. The maximum atomic E-state index is 11.1. The van der Waals surface area contributed by atoms with Crippen LogP contribution < -0.4 is 0 Å². The third kappa shape index (κ3) is 16.1. The average molecular weight is 576 g/mol. The number of nitrogens with zero attached hydrogens (tertiary/aromatic N) is 2. The first-order valence-electron chi connectivity index (χ1n) is 10.1. The van der Waals surface area contributed by atoms with Gasteiger partial charge in [-0.15, -0.1) is 0 Å². The maximum absolute atomic E-state index is 11.1. The van der Waals surface area contributed by atoms with Crippen molar-refractivity contribution < 1.29 is 49.4 Å². The van der Waals surface area contributed by atoms with Crippen LogP contribution >= 0.6 is 22.6 Å². The molecule has 32 heavy (non-hydrogen) atoms. The molecule has 0 aromatic heterocycles. The highest BCUT2D eigenvalue weighted by Gasteiger charge is 2.20. The van der Waals surface area contributed by atoms with E-state index in [0.29, 0.717) is 23.9 Å². The Morgan fingerprint density at radius 2 is 1.34 bits per heavy atom. The predicted octanol–water partition coefficient (Wildman–Crippen LogP) is -0.226. The molecule has 0 amide bonds. The van der Waals surface area contributed by atoms with Crippen LogP contribution in [0.2, 0.25) is 0 Å². The van der Waals surface area contributed by atoms with Gasteiger partial charge in [-0.2, -0.15) is 0 Å². The van der Waals surface area contributed by atoms with Crippen molar-refractivity contribution in [3.05, 3.63) is 0 Å². The van der Waals surface area contributed by atoms with E-state index < -0.39 is 55.5 Å². The van der Waals surface area contributed by atoms with Crippen molar-refractivity contribution in [2.24, 2.45) is 11.8 Å². The number of aliphatic hydroxyl groups is 1. The van der Waals surface area contributed by atoms with Gasteiger partial charge in [-0.3, -0.25) is 29.0 Å². The summed E-state index contributed by atoms with van der Waals surface area (Å²) in [7, 11) is 0. The Kier molecular flexibility index (Phi) is 16.2. The van der Waals surface area contributed by atoms with Crippen molar-refractivity contribution in [2.45, 2.75) is 25.9 Å². The molecule has 5 N–H and O–H groups in total. The zero-order valence-corrected chi connectivity index (χ0v) is 20.2. The SMILES string of the molecule is CC(CCC(CI)C(=O)O)COCC(O)CN(CCN(CC(=O)O)CC(=O)O)CC(=O)O. The van der Waals surface area contributed by atoms with E-state index in [1.807, 2.05) is 29.5 Å². The topological polar surface area (TPSA) is 185 Å². The molecule has 0 saturated heterocycles. The van der Waals surface area contributed by atoms with E-state index in [9.17, 15) is 24.3 Å². The van der Waals surface area contributed by atoms with Gasteiger partial charge in [-0.1, -0.05) is 29.5 Å². The molecule has 0 fully saturated rings. The van der Waals surface area contributed by atoms with Gasteiger partial charge < -0.3 is 30.3 Å². The molecular weight excluding hydrogens is 543 g/mol. The molecule has 0 heterocycles. The summed E-state index contributed by atoms with van der Waals surface area (Å²) in [6, 6.07) is 0. The van der Waals surface area contributed by atoms with E-state index in [0.717, 1.165) is 4.90 Å². The molecular formula is C19H33IN2O10. The lowest BCUT2D eigenvalue weighted by Gasteiger charge is -2.26. The van der Waals surface area contributed by atoms with Crippen LogP contribution in [0.3, 0.4) is 0 Å². The molecule has 0 aliphatic carbocycles. The van der Waals surface area contributed by atoms with Crippen LogP contribution in [0.1, 0.15) is 19.8 Å². The predicted molar refractivity (Wildman–Crippen MR) is 121 cm³/mol. The first kappa shape index (κ1) is 30.4. The molecule has 186 valence electrons. The van der Waals surface area contributed by atoms with Crippen molar-refractivity contribution >= 4 is 46.5 Å². The monoisotopic (exact) mass is 576 g/mol. The number of aliphatic carboxylic acids is 4. The van der Waals surface area contributed by atoms with Crippen molar-refractivity contribution in [3.8, 4) is 0 Å². The summed E-state index contributed by atoms with van der Waals surface area (Å²) in [5.41, 5.74) is 0. The third-order valence-electron chi connectivity index (χ3n) is 4.53. The summed E-state index contributed by atoms with van der Waals surface area (Å²) in [6.07, 6.45) is 0.181. The Labute approximate surface area is 200 Å². The number of alkyl halides is 1. The molecule has 0 aromatic carbocycles. The van der Waals surface area contributed by atoms with Crippen molar-refractivity contribution in [2.75, 3.05) is 56.9 Å². The quantitative estimate of drug-likeness (QED) is 0.0949. The molecule has 13 heteroatoms. The van der Waals surface area contributed by atoms with Crippen LogP contribution in [0.5, 0.6) is 0 Å². The minimum absolute atomic E-state index is 0.00194. The fraction of sp³-hybridized carbons (Fsp3) is 0.789. The lowest BCUT2D eigenvalue weighted by atomic mass is 9.99. The van der Waals surface area contributed by atoms with Crippen molar-refractivity contribution in [1.82, 2.24) is 9.80 Å². The summed E-state index contributed by atoms with van der Waals surface area (Å²) in [6.45, 7) is 0.755. The number of aliphatic hydroxyl groups excluding tert-OH is 1. The van der Waals surface area contributed by atoms with Gasteiger partial charge in [0, 0.05) is 30.7 Å². The van der Waals surface area contributed by atoms with Gasteiger partial charge in [-0.25, -0.2) is 0 Å². The molecule has 0 aliphatic heterocycles. The Morgan fingerprint density at radius 3 is 1.81 bits per heavy atom. The second-order valence-electron chi connectivity index (χ2n) is 7.69. The minimum Gasteiger partial charge on any atom is -0.481 e. The molecule has 0 rings (SSSR count). The third-order valence-corrected chi connectivity index (χ3v) is 5.60. The van der Waals surface area contributed by atoms with Gasteiger partial charge in [0.2, 0.25) is 0 Å². The highest BCUT2D eigenvalue weighted by atomic mass is 127. The lowest BCUT2D eigenvalue weighted by molar-refractivity contribution is -0.143. The Bertz CT molecular complexity index is 591. The van der Waals surface area contributed by atoms with Crippen molar-refractivity contribution in [3.63, 3.8) is 0 Å². The largest absolute Gasteiger partial charge is 0.481 e. The summed E-state index contributed by atoms with van der Waals surface area (Å²) in [5, 5.41) is 46.1. The number of halogens is 1. The minimum atomic E-state index is -1.20. The van der Waals surface area contributed by atoms with E-state index in [-0.39, 0.29) is 32.2 Å². The van der Waals surface area contributed by atoms with Gasteiger partial charge in [-0.05, 0) is 18.8 Å². The first-order chi connectivity index (χ1) is 14.9. The highest BCUT2D eigenvalue weighted by Crippen LogP contribution is 2.15. The number of carboxylic acids is 4. The van der Waals surface area contributed by atoms with Crippen LogP contribution in [0.25, 0.3) is 0 Å². The summed E-state index contributed by atoms with van der Waals surface area (Å²) < 4.78 is 6.00. The van der Waals surface area contributed by atoms with Gasteiger partial charge >= 0.3 is 23.9 Å². The summed E-state index contributed by atoms with van der Waals surface area (Å²) in [5.74, 6) is -4.69. The van der Waals surface area contributed by atoms with Crippen LogP contribution in [-0.2, 0) is 23.9 Å². The molecule has 0 bridgehead atoms. The highest BCUT2D eigenvalue weighted by molar-refractivity contribution is 14.1. The second kappa shape index (κ2) is 17.0.